The minimum Gasteiger partial charge on any atom is -0.455 e. The predicted molar refractivity (Wildman–Crippen MR) is 163 cm³/mol. The van der Waals surface area contributed by atoms with Gasteiger partial charge < -0.3 is 8.83 Å². The second-order valence-corrected chi connectivity index (χ2v) is 12.0. The number of halogens is 4. The summed E-state index contributed by atoms with van der Waals surface area (Å²) in [6, 6.07) is 29.2. The maximum absolute atomic E-state index is 6.26. The largest absolute Gasteiger partial charge is 0.455 e. The van der Waals surface area contributed by atoms with Crippen LogP contribution < -0.4 is 0 Å². The highest BCUT2D eigenvalue weighted by molar-refractivity contribution is 9.11. The van der Waals surface area contributed by atoms with Crippen molar-refractivity contribution in [1.29, 1.82) is 0 Å². The first kappa shape index (κ1) is 22.8. The fraction of sp³-hybridized carbons (Fsp3) is 0. The Morgan fingerprint density at radius 2 is 0.833 bits per heavy atom. The second-order valence-electron chi connectivity index (χ2n) is 8.61. The van der Waals surface area contributed by atoms with Crippen LogP contribution in [0.1, 0.15) is 0 Å². The molecule has 0 atom stereocenters. The Morgan fingerprint density at radius 1 is 0.417 bits per heavy atom. The molecule has 0 unspecified atom stereocenters. The Balaban J connectivity index is 1.51. The van der Waals surface area contributed by atoms with E-state index in [0.29, 0.717) is 0 Å². The molecule has 0 aliphatic heterocycles. The van der Waals surface area contributed by atoms with Gasteiger partial charge in [0.05, 0.1) is 8.95 Å². The SMILES string of the molecule is Brc1ccc(Br)c2c1oc1cccc(-c3cccc(-c4cccc5oc6c(Br)ccc(Br)c6c45)c3)c12. The summed E-state index contributed by atoms with van der Waals surface area (Å²) < 4.78 is 16.4. The van der Waals surface area contributed by atoms with Gasteiger partial charge in [-0.25, -0.2) is 0 Å². The highest BCUT2D eigenvalue weighted by Gasteiger charge is 2.19. The molecular weight excluding hydrogens is 712 g/mol. The first-order valence-corrected chi connectivity index (χ1v) is 14.4. The lowest BCUT2D eigenvalue weighted by Crippen LogP contribution is -1.84. The van der Waals surface area contributed by atoms with E-state index < -0.39 is 0 Å². The first-order chi connectivity index (χ1) is 17.5. The third-order valence-corrected chi connectivity index (χ3v) is 9.15. The lowest BCUT2D eigenvalue weighted by molar-refractivity contribution is 0.666. The van der Waals surface area contributed by atoms with Crippen LogP contribution in [0.25, 0.3) is 66.1 Å². The van der Waals surface area contributed by atoms with Gasteiger partial charge >= 0.3 is 0 Å². The number of rotatable bonds is 2. The summed E-state index contributed by atoms with van der Waals surface area (Å²) in [5, 5.41) is 4.32. The summed E-state index contributed by atoms with van der Waals surface area (Å²) in [4.78, 5) is 0. The Kier molecular flexibility index (Phi) is 5.44. The lowest BCUT2D eigenvalue weighted by atomic mass is 9.94. The van der Waals surface area contributed by atoms with Crippen molar-refractivity contribution in [1.82, 2.24) is 0 Å². The molecule has 0 spiro atoms. The third kappa shape index (κ3) is 3.38. The number of furan rings is 2. The third-order valence-electron chi connectivity index (χ3n) is 6.58. The van der Waals surface area contributed by atoms with E-state index in [0.717, 1.165) is 84.0 Å². The van der Waals surface area contributed by atoms with Gasteiger partial charge in [-0.3, -0.25) is 0 Å². The summed E-state index contributed by atoms with van der Waals surface area (Å²) in [5.41, 5.74) is 7.89. The molecule has 2 heterocycles. The smallest absolute Gasteiger partial charge is 0.150 e. The van der Waals surface area contributed by atoms with Gasteiger partial charge in [0.1, 0.15) is 11.2 Å². The number of fused-ring (bicyclic) bond motifs is 6. The van der Waals surface area contributed by atoms with Crippen molar-refractivity contribution in [2.24, 2.45) is 0 Å². The molecular formula is C30H14Br4O2. The van der Waals surface area contributed by atoms with E-state index in [1.54, 1.807) is 0 Å². The first-order valence-electron chi connectivity index (χ1n) is 11.2. The van der Waals surface area contributed by atoms with Gasteiger partial charge in [-0.05, 0) is 96.6 Å². The average Bonchev–Trinajstić information content (AvgIpc) is 3.49. The number of benzene rings is 5. The summed E-state index contributed by atoms with van der Waals surface area (Å²) >= 11 is 14.8. The molecule has 7 rings (SSSR count). The molecule has 0 radical (unpaired) electrons. The fourth-order valence-corrected chi connectivity index (χ4v) is 6.88. The Morgan fingerprint density at radius 3 is 1.31 bits per heavy atom. The molecule has 0 amide bonds. The topological polar surface area (TPSA) is 26.3 Å². The summed E-state index contributed by atoms with van der Waals surface area (Å²) in [5.74, 6) is 0. The van der Waals surface area contributed by atoms with Crippen molar-refractivity contribution in [2.75, 3.05) is 0 Å². The maximum Gasteiger partial charge on any atom is 0.150 e. The molecule has 2 aromatic heterocycles. The van der Waals surface area contributed by atoms with Crippen molar-refractivity contribution >= 4 is 108 Å². The van der Waals surface area contributed by atoms with Gasteiger partial charge in [-0.2, -0.15) is 0 Å². The van der Waals surface area contributed by atoms with Crippen molar-refractivity contribution in [3.63, 3.8) is 0 Å². The van der Waals surface area contributed by atoms with Gasteiger partial charge in [-0.1, -0.05) is 74.3 Å². The van der Waals surface area contributed by atoms with E-state index in [1.165, 1.54) is 0 Å². The standard InChI is InChI=1S/C30H14Br4O2/c31-19-10-12-21(33)29-27(19)25-17(6-2-8-23(25)35-29)15-4-1-5-16(14-15)18-7-3-9-24-26(18)28-20(32)11-13-22(34)30(28)36-24/h1-14H. The highest BCUT2D eigenvalue weighted by Crippen LogP contribution is 2.45. The van der Waals surface area contributed by atoms with Crippen molar-refractivity contribution < 1.29 is 8.83 Å². The zero-order valence-corrected chi connectivity index (χ0v) is 24.8. The fourth-order valence-electron chi connectivity index (χ4n) is 5.04. The number of hydrogen-bond donors (Lipinski definition) is 0. The molecule has 6 heteroatoms. The molecule has 0 N–H and O–H groups in total. The molecule has 0 saturated carbocycles. The number of hydrogen-bond acceptors (Lipinski definition) is 2. The van der Waals surface area contributed by atoms with Crippen LogP contribution in [0.15, 0.2) is 112 Å². The Labute approximate surface area is 239 Å². The van der Waals surface area contributed by atoms with Crippen LogP contribution in [0.2, 0.25) is 0 Å². The summed E-state index contributed by atoms with van der Waals surface area (Å²) in [6.45, 7) is 0. The molecule has 2 nitrogen and oxygen atoms in total. The molecule has 0 fully saturated rings. The predicted octanol–water partition coefficient (Wildman–Crippen LogP) is 11.9. The molecule has 0 saturated heterocycles. The zero-order valence-electron chi connectivity index (χ0n) is 18.4. The van der Waals surface area contributed by atoms with Gasteiger partial charge in [0.25, 0.3) is 0 Å². The van der Waals surface area contributed by atoms with E-state index >= 15 is 0 Å². The zero-order chi connectivity index (χ0) is 24.6. The highest BCUT2D eigenvalue weighted by atomic mass is 79.9. The molecule has 0 aliphatic rings. The molecule has 7 aromatic rings. The van der Waals surface area contributed by atoms with Gasteiger partial charge in [0.15, 0.2) is 11.2 Å². The Bertz CT molecular complexity index is 1860. The monoisotopic (exact) mass is 722 g/mol. The van der Waals surface area contributed by atoms with Crippen LogP contribution in [-0.4, -0.2) is 0 Å². The van der Waals surface area contributed by atoms with Gasteiger partial charge in [0, 0.05) is 30.5 Å². The lowest BCUT2D eigenvalue weighted by Gasteiger charge is -2.09. The van der Waals surface area contributed by atoms with Crippen LogP contribution in [0.4, 0.5) is 0 Å². The van der Waals surface area contributed by atoms with Crippen LogP contribution >= 0.6 is 63.7 Å². The second kappa shape index (κ2) is 8.59. The van der Waals surface area contributed by atoms with Crippen molar-refractivity contribution in [3.05, 3.63) is 103 Å². The van der Waals surface area contributed by atoms with E-state index in [-0.39, 0.29) is 0 Å². The quantitative estimate of drug-likeness (QED) is 0.177. The van der Waals surface area contributed by atoms with E-state index in [1.807, 2.05) is 36.4 Å². The molecule has 5 aromatic carbocycles. The van der Waals surface area contributed by atoms with Crippen molar-refractivity contribution in [3.8, 4) is 22.3 Å². The molecule has 174 valence electrons. The van der Waals surface area contributed by atoms with Gasteiger partial charge in [-0.15, -0.1) is 0 Å². The molecule has 0 bridgehead atoms. The summed E-state index contributed by atoms with van der Waals surface area (Å²) in [7, 11) is 0. The van der Waals surface area contributed by atoms with Crippen molar-refractivity contribution in [2.45, 2.75) is 0 Å². The minimum atomic E-state index is 0.841. The normalized spacial score (nSPS) is 11.9. The van der Waals surface area contributed by atoms with Crippen LogP contribution in [-0.2, 0) is 0 Å². The van der Waals surface area contributed by atoms with Gasteiger partial charge in [0.2, 0.25) is 0 Å². The molecule has 0 aliphatic carbocycles. The van der Waals surface area contributed by atoms with E-state index in [2.05, 4.69) is 112 Å². The Hall–Kier alpha value is -2.38. The average molecular weight is 726 g/mol. The maximum atomic E-state index is 6.26. The summed E-state index contributed by atoms with van der Waals surface area (Å²) in [6.07, 6.45) is 0. The minimum absolute atomic E-state index is 0.841. The molecule has 36 heavy (non-hydrogen) atoms. The van der Waals surface area contributed by atoms with Crippen LogP contribution in [0, 0.1) is 0 Å². The van der Waals surface area contributed by atoms with E-state index in [4.69, 9.17) is 8.83 Å². The van der Waals surface area contributed by atoms with Crippen LogP contribution in [0.3, 0.4) is 0 Å². The van der Waals surface area contributed by atoms with Crippen LogP contribution in [0.5, 0.6) is 0 Å². The van der Waals surface area contributed by atoms with E-state index in [9.17, 15) is 0 Å².